The van der Waals surface area contributed by atoms with Gasteiger partial charge in [-0.2, -0.15) is 0 Å². The molecule has 7 heteroatoms. The van der Waals surface area contributed by atoms with E-state index in [0.717, 1.165) is 36.3 Å². The number of carbonyl (C=O) groups excluding carboxylic acids is 1. The van der Waals surface area contributed by atoms with E-state index >= 15 is 0 Å². The van der Waals surface area contributed by atoms with E-state index in [2.05, 4.69) is 50.1 Å². The molecule has 1 aromatic heterocycles. The second-order valence-corrected chi connectivity index (χ2v) is 8.89. The lowest BCUT2D eigenvalue weighted by atomic mass is 9.77. The molecule has 1 amide bonds. The summed E-state index contributed by atoms with van der Waals surface area (Å²) in [6, 6.07) is 8.47. The van der Waals surface area contributed by atoms with E-state index in [1.807, 2.05) is 31.5 Å². The molecule has 2 aliphatic heterocycles. The van der Waals surface area contributed by atoms with Gasteiger partial charge in [-0.15, -0.1) is 0 Å². The highest BCUT2D eigenvalue weighted by Crippen LogP contribution is 2.43. The number of nitrogens with zero attached hydrogens (tertiary/aromatic N) is 4. The summed E-state index contributed by atoms with van der Waals surface area (Å²) in [7, 11) is 0. The number of rotatable bonds is 2. The van der Waals surface area contributed by atoms with Gasteiger partial charge in [-0.1, -0.05) is 0 Å². The maximum Gasteiger partial charge on any atom is 0.410 e. The molecule has 0 radical (unpaired) electrons. The van der Waals surface area contributed by atoms with Gasteiger partial charge in [0.25, 0.3) is 0 Å². The van der Waals surface area contributed by atoms with Crippen molar-refractivity contribution >= 4 is 27.7 Å². The summed E-state index contributed by atoms with van der Waals surface area (Å²) >= 11 is 3.37. The van der Waals surface area contributed by atoms with Crippen LogP contribution in [-0.2, 0) is 4.74 Å². The molecule has 6 nitrogen and oxygen atoms in total. The third-order valence-corrected chi connectivity index (χ3v) is 5.42. The number of imidazole rings is 1. The number of hydrogen-bond donors (Lipinski definition) is 0. The molecule has 4 rings (SSSR count). The van der Waals surface area contributed by atoms with Gasteiger partial charge in [0.2, 0.25) is 0 Å². The van der Waals surface area contributed by atoms with Crippen molar-refractivity contribution in [3.8, 4) is 5.69 Å². The molecule has 1 spiro atoms. The second kappa shape index (κ2) is 6.01. The fourth-order valence-electron chi connectivity index (χ4n) is 3.64. The van der Waals surface area contributed by atoms with Gasteiger partial charge in [0, 0.05) is 37.2 Å². The minimum Gasteiger partial charge on any atom is -0.444 e. The highest BCUT2D eigenvalue weighted by Gasteiger charge is 2.55. The minimum absolute atomic E-state index is 0.0798. The average Bonchev–Trinajstić information content (AvgIpc) is 2.90. The normalized spacial score (nSPS) is 18.5. The van der Waals surface area contributed by atoms with E-state index in [0.29, 0.717) is 0 Å². The van der Waals surface area contributed by atoms with Gasteiger partial charge in [-0.3, -0.25) is 0 Å². The molecule has 2 aliphatic rings. The van der Waals surface area contributed by atoms with Crippen molar-refractivity contribution in [2.45, 2.75) is 38.3 Å². The van der Waals surface area contributed by atoms with E-state index in [1.165, 1.54) is 5.69 Å². The molecule has 2 saturated heterocycles. The van der Waals surface area contributed by atoms with E-state index in [9.17, 15) is 4.79 Å². The molecular weight excluding hydrogens is 396 g/mol. The molecule has 1 aromatic carbocycles. The monoisotopic (exact) mass is 418 g/mol. The summed E-state index contributed by atoms with van der Waals surface area (Å²) in [6.45, 7) is 8.19. The van der Waals surface area contributed by atoms with Crippen LogP contribution in [0.2, 0.25) is 0 Å². The molecule has 0 unspecified atom stereocenters. The summed E-state index contributed by atoms with van der Waals surface area (Å²) in [5.74, 6) is 0. The van der Waals surface area contributed by atoms with Crippen LogP contribution in [0.25, 0.3) is 5.69 Å². The van der Waals surface area contributed by atoms with Crippen LogP contribution in [0.3, 0.4) is 0 Å². The number of halogens is 1. The summed E-state index contributed by atoms with van der Waals surface area (Å²) in [5.41, 5.74) is 1.90. The Morgan fingerprint density at radius 3 is 2.35 bits per heavy atom. The standard InChI is InChI=1S/C19H23BrN4O2/c1-18(2,3)26-17(25)23-11-19(12-23)8-9-24(19)15-6-4-14(5-7-15)22-10-16(20)21-13-22/h4-7,10,13H,8-9,11-12H2,1-3H3. The molecule has 3 heterocycles. The molecule has 0 aliphatic carbocycles. The molecule has 0 bridgehead atoms. The topological polar surface area (TPSA) is 50.6 Å². The lowest BCUT2D eigenvalue weighted by Gasteiger charge is -2.63. The Morgan fingerprint density at radius 2 is 1.85 bits per heavy atom. The number of aromatic nitrogens is 2. The summed E-state index contributed by atoms with van der Waals surface area (Å²) < 4.78 is 8.27. The van der Waals surface area contributed by atoms with Crippen LogP contribution in [0.4, 0.5) is 10.5 Å². The third-order valence-electron chi connectivity index (χ3n) is 5.01. The molecule has 0 saturated carbocycles. The number of ether oxygens (including phenoxy) is 1. The molecule has 138 valence electrons. The predicted octanol–water partition coefficient (Wildman–Crippen LogP) is 3.83. The highest BCUT2D eigenvalue weighted by atomic mass is 79.9. The number of benzene rings is 1. The Morgan fingerprint density at radius 1 is 1.19 bits per heavy atom. The van der Waals surface area contributed by atoms with Crippen LogP contribution in [0.1, 0.15) is 27.2 Å². The lowest BCUT2D eigenvalue weighted by molar-refractivity contribution is -0.0221. The molecule has 0 atom stereocenters. The lowest BCUT2D eigenvalue weighted by Crippen LogP contribution is -2.78. The average molecular weight is 419 g/mol. The van der Waals surface area contributed by atoms with E-state index in [4.69, 9.17) is 4.74 Å². The van der Waals surface area contributed by atoms with Crippen molar-refractivity contribution in [1.29, 1.82) is 0 Å². The molecule has 2 aromatic rings. The van der Waals surface area contributed by atoms with Crippen molar-refractivity contribution in [2.24, 2.45) is 0 Å². The van der Waals surface area contributed by atoms with Crippen LogP contribution in [-0.4, -0.2) is 51.3 Å². The van der Waals surface area contributed by atoms with Crippen LogP contribution < -0.4 is 4.90 Å². The first-order valence-corrected chi connectivity index (χ1v) is 9.61. The van der Waals surface area contributed by atoms with Crippen molar-refractivity contribution in [3.63, 3.8) is 0 Å². The van der Waals surface area contributed by atoms with Crippen molar-refractivity contribution in [1.82, 2.24) is 14.5 Å². The molecule has 0 N–H and O–H groups in total. The Balaban J connectivity index is 1.41. The first-order chi connectivity index (χ1) is 12.3. The van der Waals surface area contributed by atoms with E-state index in [-0.39, 0.29) is 11.6 Å². The second-order valence-electron chi connectivity index (χ2n) is 8.08. The van der Waals surface area contributed by atoms with Gasteiger partial charge in [0.1, 0.15) is 16.5 Å². The minimum atomic E-state index is -0.447. The molecular formula is C19H23BrN4O2. The first kappa shape index (κ1) is 17.4. The summed E-state index contributed by atoms with van der Waals surface area (Å²) in [5, 5.41) is 0. The summed E-state index contributed by atoms with van der Waals surface area (Å²) in [4.78, 5) is 20.6. The zero-order valence-electron chi connectivity index (χ0n) is 15.3. The number of hydrogen-bond acceptors (Lipinski definition) is 4. The van der Waals surface area contributed by atoms with Crippen molar-refractivity contribution < 1.29 is 9.53 Å². The van der Waals surface area contributed by atoms with E-state index in [1.54, 1.807) is 11.2 Å². The third kappa shape index (κ3) is 3.09. The van der Waals surface area contributed by atoms with E-state index < -0.39 is 5.60 Å². The van der Waals surface area contributed by atoms with Crippen LogP contribution in [0, 0.1) is 0 Å². The van der Waals surface area contributed by atoms with Gasteiger partial charge in [0.05, 0.1) is 5.54 Å². The molecule has 26 heavy (non-hydrogen) atoms. The maximum absolute atomic E-state index is 12.2. The predicted molar refractivity (Wildman–Crippen MR) is 104 cm³/mol. The van der Waals surface area contributed by atoms with Crippen molar-refractivity contribution in [2.75, 3.05) is 24.5 Å². The van der Waals surface area contributed by atoms with Crippen molar-refractivity contribution in [3.05, 3.63) is 41.4 Å². The maximum atomic E-state index is 12.2. The fourth-order valence-corrected chi connectivity index (χ4v) is 3.95. The largest absolute Gasteiger partial charge is 0.444 e. The zero-order chi connectivity index (χ0) is 18.5. The van der Waals surface area contributed by atoms with Gasteiger partial charge < -0.3 is 19.1 Å². The van der Waals surface area contributed by atoms with Gasteiger partial charge in [-0.05, 0) is 67.4 Å². The number of anilines is 1. The van der Waals surface area contributed by atoms with Crippen LogP contribution >= 0.6 is 15.9 Å². The van der Waals surface area contributed by atoms with Gasteiger partial charge in [0.15, 0.2) is 0 Å². The van der Waals surface area contributed by atoms with Crippen LogP contribution in [0.5, 0.6) is 0 Å². The SMILES string of the molecule is CC(C)(C)OC(=O)N1CC2(CCN2c2ccc(-n3cnc(Br)c3)cc2)C1. The molecule has 2 fully saturated rings. The summed E-state index contributed by atoms with van der Waals surface area (Å²) in [6.07, 6.45) is 4.62. The number of amides is 1. The van der Waals surface area contributed by atoms with Gasteiger partial charge >= 0.3 is 6.09 Å². The Bertz CT molecular complexity index is 819. The first-order valence-electron chi connectivity index (χ1n) is 8.81. The van der Waals surface area contributed by atoms with Gasteiger partial charge in [-0.25, -0.2) is 9.78 Å². The smallest absolute Gasteiger partial charge is 0.410 e. The quantitative estimate of drug-likeness (QED) is 0.743. The fraction of sp³-hybridized carbons (Fsp3) is 0.474. The highest BCUT2D eigenvalue weighted by molar-refractivity contribution is 9.10. The number of likely N-dealkylation sites (tertiary alicyclic amines) is 1. The Labute approximate surface area is 161 Å². The Hall–Kier alpha value is -2.02. The number of carbonyl (C=O) groups is 1. The van der Waals surface area contributed by atoms with Crippen LogP contribution in [0.15, 0.2) is 41.4 Å². The Kier molecular flexibility index (Phi) is 4.02. The zero-order valence-corrected chi connectivity index (χ0v) is 16.9.